The summed E-state index contributed by atoms with van der Waals surface area (Å²) in [4.78, 5) is 10.8. The van der Waals surface area contributed by atoms with Crippen LogP contribution in [0.25, 0.3) is 0 Å². The molecule has 1 rings (SSSR count). The van der Waals surface area contributed by atoms with E-state index in [1.165, 1.54) is 19.4 Å². The van der Waals surface area contributed by atoms with Crippen LogP contribution < -0.4 is 5.73 Å². The maximum Gasteiger partial charge on any atom is 0.407 e. The summed E-state index contributed by atoms with van der Waals surface area (Å²) in [5, 5.41) is 0. The molecule has 0 saturated carbocycles. The average molecular weight is 159 g/mol. The maximum absolute atomic E-state index is 10.8. The highest BCUT2D eigenvalue weighted by Crippen LogP contribution is 2.06. The van der Waals surface area contributed by atoms with Gasteiger partial charge >= 0.3 is 12.4 Å². The molecule has 0 radical (unpaired) electrons. The first-order chi connectivity index (χ1) is 5.20. The van der Waals surface area contributed by atoms with Crippen LogP contribution in [0, 0.1) is 0 Å². The van der Waals surface area contributed by atoms with Crippen LogP contribution in [0.1, 0.15) is 6.92 Å². The van der Waals surface area contributed by atoms with Crippen molar-refractivity contribution in [1.82, 2.24) is 0 Å². The van der Waals surface area contributed by atoms with Crippen molar-refractivity contribution in [2.75, 3.05) is 0 Å². The smallest absolute Gasteiger partial charge is 0.407 e. The van der Waals surface area contributed by atoms with Gasteiger partial charge in [0, 0.05) is 0 Å². The molecule has 5 heteroatoms. The molecule has 0 unspecified atom stereocenters. The molecule has 0 bridgehead atoms. The lowest BCUT2D eigenvalue weighted by Crippen LogP contribution is -2.32. The van der Waals surface area contributed by atoms with Crippen molar-refractivity contribution in [3.05, 3.63) is 12.5 Å². The number of carbonyl (C=O) groups is 1. The normalized spacial score (nSPS) is 18.7. The molecule has 0 aliphatic carbocycles. The summed E-state index contributed by atoms with van der Waals surface area (Å²) in [5.74, 6) is -0.557. The van der Waals surface area contributed by atoms with E-state index in [1.54, 1.807) is 0 Å². The zero-order valence-electron chi connectivity index (χ0n) is 6.02. The lowest BCUT2D eigenvalue weighted by Gasteiger charge is -2.11. The van der Waals surface area contributed by atoms with Crippen LogP contribution in [-0.2, 0) is 19.0 Å². The Morgan fingerprint density at radius 1 is 1.64 bits per heavy atom. The molecule has 1 aliphatic rings. The summed E-state index contributed by atoms with van der Waals surface area (Å²) in [6.45, 7) is 0.554. The maximum atomic E-state index is 10.8. The van der Waals surface area contributed by atoms with E-state index in [2.05, 4.69) is 14.2 Å². The summed E-state index contributed by atoms with van der Waals surface area (Å²) < 4.78 is 13.9. The Bertz CT molecular complexity index is 169. The molecule has 5 nitrogen and oxygen atoms in total. The van der Waals surface area contributed by atoms with Gasteiger partial charge in [-0.2, -0.15) is 0 Å². The van der Waals surface area contributed by atoms with Crippen LogP contribution in [-0.4, -0.2) is 18.5 Å². The van der Waals surface area contributed by atoms with Crippen LogP contribution in [0.5, 0.6) is 0 Å². The van der Waals surface area contributed by atoms with Gasteiger partial charge in [0.15, 0.2) is 0 Å². The third-order valence-electron chi connectivity index (χ3n) is 1.02. The Labute approximate surface area is 63.7 Å². The van der Waals surface area contributed by atoms with Crippen LogP contribution in [0.15, 0.2) is 12.5 Å². The van der Waals surface area contributed by atoms with Gasteiger partial charge in [0.1, 0.15) is 18.6 Å². The fourth-order valence-corrected chi connectivity index (χ4v) is 0.482. The van der Waals surface area contributed by atoms with E-state index in [-0.39, 0.29) is 0 Å². The zero-order chi connectivity index (χ0) is 8.27. The van der Waals surface area contributed by atoms with Gasteiger partial charge in [-0.15, -0.1) is 0 Å². The predicted molar refractivity (Wildman–Crippen MR) is 34.8 cm³/mol. The Morgan fingerprint density at radius 3 is 2.64 bits per heavy atom. The molecular weight excluding hydrogens is 150 g/mol. The first-order valence-electron chi connectivity index (χ1n) is 3.12. The van der Waals surface area contributed by atoms with Gasteiger partial charge in [0.2, 0.25) is 0 Å². The molecule has 1 heterocycles. The lowest BCUT2D eigenvalue weighted by atomic mass is 10.4. The van der Waals surface area contributed by atoms with E-state index >= 15 is 0 Å². The summed E-state index contributed by atoms with van der Waals surface area (Å²) >= 11 is 0. The highest BCUT2D eigenvalue weighted by molar-refractivity contribution is 5.74. The molecule has 11 heavy (non-hydrogen) atoms. The number of ether oxygens (including phenoxy) is 3. The topological polar surface area (TPSA) is 70.8 Å². The van der Waals surface area contributed by atoms with Crippen LogP contribution in [0.3, 0.4) is 0 Å². The first-order valence-corrected chi connectivity index (χ1v) is 3.12. The fraction of sp³-hybridized carbons (Fsp3) is 0.500. The minimum atomic E-state index is -0.964. The van der Waals surface area contributed by atoms with Gasteiger partial charge < -0.3 is 19.9 Å². The van der Waals surface area contributed by atoms with Gasteiger partial charge in [0.25, 0.3) is 0 Å². The minimum Gasteiger partial charge on any atom is -0.428 e. The monoisotopic (exact) mass is 159 g/mol. The van der Waals surface area contributed by atoms with Crippen molar-refractivity contribution < 1.29 is 19.0 Å². The van der Waals surface area contributed by atoms with E-state index in [1.807, 2.05) is 0 Å². The van der Waals surface area contributed by atoms with Gasteiger partial charge in [-0.1, -0.05) is 0 Å². The molecule has 0 aromatic carbocycles. The Hall–Kier alpha value is -1.23. The van der Waals surface area contributed by atoms with Crippen LogP contribution in [0.2, 0.25) is 0 Å². The second-order valence-electron chi connectivity index (χ2n) is 2.06. The van der Waals surface area contributed by atoms with E-state index in [0.717, 1.165) is 0 Å². The quantitative estimate of drug-likeness (QED) is 0.559. The molecular formula is C6H9NO4. The average Bonchev–Trinajstić information content (AvgIpc) is 2.39. The highest BCUT2D eigenvalue weighted by Gasteiger charge is 2.19. The van der Waals surface area contributed by atoms with Gasteiger partial charge in [-0.3, -0.25) is 4.79 Å². The molecule has 2 N–H and O–H groups in total. The number of hydrogen-bond donors (Lipinski definition) is 1. The standard InChI is InChI=1S/C6H9NO4/c1-4(7)5(8)11-6-9-2-3-10-6/h2-4,6H,7H2,1H3/t4-/m0/s1. The largest absolute Gasteiger partial charge is 0.428 e. The molecule has 62 valence electrons. The van der Waals surface area contributed by atoms with E-state index in [0.29, 0.717) is 0 Å². The van der Waals surface area contributed by atoms with Crippen molar-refractivity contribution >= 4 is 5.97 Å². The van der Waals surface area contributed by atoms with Crippen molar-refractivity contribution in [2.45, 2.75) is 19.4 Å². The number of hydrogen-bond acceptors (Lipinski definition) is 5. The Kier molecular flexibility index (Phi) is 2.32. The first kappa shape index (κ1) is 7.87. The van der Waals surface area contributed by atoms with E-state index in [4.69, 9.17) is 5.73 Å². The van der Waals surface area contributed by atoms with Crippen molar-refractivity contribution in [3.63, 3.8) is 0 Å². The number of carbonyl (C=O) groups excluding carboxylic acids is 1. The van der Waals surface area contributed by atoms with Crippen LogP contribution >= 0.6 is 0 Å². The Morgan fingerprint density at radius 2 is 2.18 bits per heavy atom. The second-order valence-corrected chi connectivity index (χ2v) is 2.06. The van der Waals surface area contributed by atoms with E-state index < -0.39 is 18.5 Å². The third kappa shape index (κ3) is 2.12. The summed E-state index contributed by atoms with van der Waals surface area (Å²) in [5.41, 5.74) is 5.21. The second kappa shape index (κ2) is 3.25. The summed E-state index contributed by atoms with van der Waals surface area (Å²) in [6.07, 6.45) is 2.58. The lowest BCUT2D eigenvalue weighted by molar-refractivity contribution is -0.220. The van der Waals surface area contributed by atoms with Gasteiger partial charge in [-0.05, 0) is 6.92 Å². The molecule has 0 spiro atoms. The number of rotatable bonds is 2. The highest BCUT2D eigenvalue weighted by atomic mass is 16.9. The third-order valence-corrected chi connectivity index (χ3v) is 1.02. The van der Waals surface area contributed by atoms with Crippen molar-refractivity contribution in [2.24, 2.45) is 5.73 Å². The Balaban J connectivity index is 2.25. The molecule has 0 saturated heterocycles. The fourth-order valence-electron chi connectivity index (χ4n) is 0.482. The molecule has 0 fully saturated rings. The summed E-state index contributed by atoms with van der Waals surface area (Å²) in [7, 11) is 0. The van der Waals surface area contributed by atoms with Gasteiger partial charge in [-0.25, -0.2) is 0 Å². The molecule has 0 aromatic heterocycles. The van der Waals surface area contributed by atoms with Crippen molar-refractivity contribution in [3.8, 4) is 0 Å². The van der Waals surface area contributed by atoms with Crippen molar-refractivity contribution in [1.29, 1.82) is 0 Å². The molecule has 1 aliphatic heterocycles. The zero-order valence-corrected chi connectivity index (χ0v) is 6.02. The molecule has 0 amide bonds. The molecule has 1 atom stereocenters. The predicted octanol–water partition coefficient (Wildman–Crippen LogP) is -0.322. The minimum absolute atomic E-state index is 0.557. The summed E-state index contributed by atoms with van der Waals surface area (Å²) in [6, 6.07) is -0.664. The van der Waals surface area contributed by atoms with Gasteiger partial charge in [0.05, 0.1) is 0 Å². The molecule has 0 aromatic rings. The van der Waals surface area contributed by atoms with E-state index in [9.17, 15) is 4.79 Å². The van der Waals surface area contributed by atoms with Crippen LogP contribution in [0.4, 0.5) is 0 Å². The number of esters is 1. The number of nitrogens with two attached hydrogens (primary N) is 1. The SMILES string of the molecule is C[C@H](N)C(=O)OC1OC=CO1.